The zero-order valence-electron chi connectivity index (χ0n) is 18.9. The Balaban J connectivity index is 1.50. The molecule has 8 heteroatoms. The van der Waals surface area contributed by atoms with Crippen LogP contribution in [0.1, 0.15) is 26.3 Å². The Hall–Kier alpha value is -4.10. The maximum atomic E-state index is 13.0. The Morgan fingerprint density at radius 1 is 0.943 bits per heavy atom. The number of amides is 1. The zero-order chi connectivity index (χ0) is 24.8. The van der Waals surface area contributed by atoms with Crippen molar-refractivity contribution in [1.82, 2.24) is 10.3 Å². The normalized spacial score (nSPS) is 11.6. The second-order valence-corrected chi connectivity index (χ2v) is 8.29. The van der Waals surface area contributed by atoms with Crippen molar-refractivity contribution in [3.8, 4) is 5.75 Å². The number of aromatic nitrogens is 1. The predicted octanol–water partition coefficient (Wildman–Crippen LogP) is 4.60. The minimum atomic E-state index is -1.01. The Kier molecular flexibility index (Phi) is 7.48. The van der Waals surface area contributed by atoms with E-state index in [1.807, 2.05) is 24.3 Å². The summed E-state index contributed by atoms with van der Waals surface area (Å²) >= 11 is 5.91. The molecule has 0 fully saturated rings. The molecule has 178 valence electrons. The number of nitrogens with one attached hydrogen (secondary N) is 2. The smallest absolute Gasteiger partial charge is 0.329 e. The van der Waals surface area contributed by atoms with Crippen molar-refractivity contribution in [2.75, 3.05) is 13.7 Å². The monoisotopic (exact) mass is 490 g/mol. The number of hydrogen-bond donors (Lipinski definition) is 2. The summed E-state index contributed by atoms with van der Waals surface area (Å²) in [5, 5.41) is 4.16. The number of H-pyrrole nitrogens is 1. The van der Waals surface area contributed by atoms with Crippen LogP contribution in [-0.4, -0.2) is 42.4 Å². The fourth-order valence-electron chi connectivity index (χ4n) is 3.65. The first-order valence-electron chi connectivity index (χ1n) is 10.9. The van der Waals surface area contributed by atoms with E-state index in [1.165, 1.54) is 7.11 Å². The summed E-state index contributed by atoms with van der Waals surface area (Å²) in [6, 6.07) is 19.5. The standard InChI is InChI=1S/C27H23ClN2O5/c1-34-21-12-8-17(9-13-21)25(31)16-35-27(33)24(30-26(32)18-6-10-20(28)11-7-18)14-19-15-29-23-5-3-2-4-22(19)23/h2-13,15,24,29H,14,16H2,1H3,(H,30,32)/t24-/m0/s1. The molecule has 35 heavy (non-hydrogen) atoms. The number of esters is 1. The van der Waals surface area contributed by atoms with Crippen molar-refractivity contribution in [1.29, 1.82) is 0 Å². The Labute approximate surface area is 207 Å². The second kappa shape index (κ2) is 10.9. The number of para-hydroxylation sites is 1. The van der Waals surface area contributed by atoms with Crippen molar-refractivity contribution in [3.63, 3.8) is 0 Å². The summed E-state index contributed by atoms with van der Waals surface area (Å²) in [5.74, 6) is -0.914. The Morgan fingerprint density at radius 2 is 1.63 bits per heavy atom. The van der Waals surface area contributed by atoms with Crippen molar-refractivity contribution in [3.05, 3.63) is 101 Å². The molecule has 0 saturated carbocycles. The number of Topliss-reactive ketones (excluding diaryl/α,β-unsaturated/α-hetero) is 1. The van der Waals surface area contributed by atoms with Crippen LogP contribution in [0.5, 0.6) is 5.75 Å². The highest BCUT2D eigenvalue weighted by Crippen LogP contribution is 2.20. The first-order chi connectivity index (χ1) is 16.9. The van der Waals surface area contributed by atoms with Crippen LogP contribution in [0, 0.1) is 0 Å². The molecule has 0 aliphatic carbocycles. The summed E-state index contributed by atoms with van der Waals surface area (Å²) in [6.45, 7) is -0.452. The van der Waals surface area contributed by atoms with Gasteiger partial charge >= 0.3 is 5.97 Å². The quantitative estimate of drug-likeness (QED) is 0.264. The van der Waals surface area contributed by atoms with Gasteiger partial charge in [-0.25, -0.2) is 4.79 Å². The van der Waals surface area contributed by atoms with Crippen molar-refractivity contribution in [2.24, 2.45) is 0 Å². The minimum Gasteiger partial charge on any atom is -0.497 e. The Bertz CT molecular complexity index is 1350. The van der Waals surface area contributed by atoms with Gasteiger partial charge in [0.2, 0.25) is 0 Å². The number of rotatable bonds is 9. The number of halogens is 1. The number of carbonyl (C=O) groups is 3. The Morgan fingerprint density at radius 3 is 2.34 bits per heavy atom. The van der Waals surface area contributed by atoms with E-state index in [2.05, 4.69) is 10.3 Å². The molecule has 0 radical (unpaired) electrons. The highest BCUT2D eigenvalue weighted by molar-refractivity contribution is 6.30. The lowest BCUT2D eigenvalue weighted by molar-refractivity contribution is -0.144. The molecule has 7 nitrogen and oxygen atoms in total. The molecule has 4 rings (SSSR count). The van der Waals surface area contributed by atoms with Gasteiger partial charge in [-0.1, -0.05) is 29.8 Å². The number of hydrogen-bond acceptors (Lipinski definition) is 5. The van der Waals surface area contributed by atoms with E-state index >= 15 is 0 Å². The number of ketones is 1. The maximum absolute atomic E-state index is 13.0. The second-order valence-electron chi connectivity index (χ2n) is 7.86. The summed E-state index contributed by atoms with van der Waals surface area (Å²) in [5.41, 5.74) is 2.48. The van der Waals surface area contributed by atoms with E-state index in [-0.39, 0.29) is 12.2 Å². The lowest BCUT2D eigenvalue weighted by atomic mass is 10.0. The summed E-state index contributed by atoms with van der Waals surface area (Å²) in [4.78, 5) is 41.5. The number of ether oxygens (including phenoxy) is 2. The summed E-state index contributed by atoms with van der Waals surface area (Å²) in [6.07, 6.45) is 1.97. The largest absolute Gasteiger partial charge is 0.497 e. The van der Waals surface area contributed by atoms with E-state index in [1.54, 1.807) is 54.7 Å². The third-order valence-electron chi connectivity index (χ3n) is 5.55. The molecular weight excluding hydrogens is 468 g/mol. The van der Waals surface area contributed by atoms with Crippen molar-refractivity contribution >= 4 is 40.2 Å². The topological polar surface area (TPSA) is 97.5 Å². The van der Waals surface area contributed by atoms with E-state index < -0.39 is 24.5 Å². The van der Waals surface area contributed by atoms with E-state index in [0.29, 0.717) is 21.9 Å². The molecule has 0 unspecified atom stereocenters. The van der Waals surface area contributed by atoms with Crippen LogP contribution in [0.2, 0.25) is 5.02 Å². The van der Waals surface area contributed by atoms with Crippen LogP contribution in [0.15, 0.2) is 79.0 Å². The lowest BCUT2D eigenvalue weighted by Gasteiger charge is -2.18. The molecule has 1 heterocycles. The van der Waals surface area contributed by atoms with Crippen molar-refractivity contribution in [2.45, 2.75) is 12.5 Å². The van der Waals surface area contributed by atoms with Crippen molar-refractivity contribution < 1.29 is 23.9 Å². The van der Waals surface area contributed by atoms with E-state index in [9.17, 15) is 14.4 Å². The predicted molar refractivity (Wildman–Crippen MR) is 133 cm³/mol. The maximum Gasteiger partial charge on any atom is 0.329 e. The van der Waals surface area contributed by atoms with E-state index in [0.717, 1.165) is 16.5 Å². The number of fused-ring (bicyclic) bond motifs is 1. The van der Waals surface area contributed by atoms with Crippen LogP contribution in [0.3, 0.4) is 0 Å². The fraction of sp³-hybridized carbons (Fsp3) is 0.148. The van der Waals surface area contributed by atoms with Crippen LogP contribution in [0.4, 0.5) is 0 Å². The van der Waals surface area contributed by atoms with Crippen LogP contribution < -0.4 is 10.1 Å². The van der Waals surface area contributed by atoms with Gasteiger partial charge in [-0.05, 0) is 60.2 Å². The number of methoxy groups -OCH3 is 1. The zero-order valence-corrected chi connectivity index (χ0v) is 19.7. The molecule has 1 aromatic heterocycles. The molecule has 0 bridgehead atoms. The third kappa shape index (κ3) is 5.88. The molecule has 4 aromatic rings. The molecular formula is C27H23ClN2O5. The average Bonchev–Trinajstić information content (AvgIpc) is 3.29. The molecule has 1 amide bonds. The van der Waals surface area contributed by atoms with Gasteiger partial charge in [-0.3, -0.25) is 9.59 Å². The minimum absolute atomic E-state index is 0.179. The number of aromatic amines is 1. The van der Waals surface area contributed by atoms with E-state index in [4.69, 9.17) is 21.1 Å². The van der Waals surface area contributed by atoms with Gasteiger partial charge in [-0.15, -0.1) is 0 Å². The third-order valence-corrected chi connectivity index (χ3v) is 5.80. The SMILES string of the molecule is COc1ccc(C(=O)COC(=O)[C@H](Cc2c[nH]c3ccccc23)NC(=O)c2ccc(Cl)cc2)cc1. The lowest BCUT2D eigenvalue weighted by Crippen LogP contribution is -2.43. The van der Waals surface area contributed by atoms with Gasteiger partial charge in [0.15, 0.2) is 12.4 Å². The van der Waals surface area contributed by atoms with Crippen LogP contribution in [-0.2, 0) is 16.0 Å². The fourth-order valence-corrected chi connectivity index (χ4v) is 3.78. The van der Waals surface area contributed by atoms with Gasteiger partial charge in [-0.2, -0.15) is 0 Å². The summed E-state index contributed by atoms with van der Waals surface area (Å²) < 4.78 is 10.4. The molecule has 3 aromatic carbocycles. The van der Waals surface area contributed by atoms with Crippen LogP contribution in [0.25, 0.3) is 10.9 Å². The number of benzene rings is 3. The molecule has 1 atom stereocenters. The first-order valence-corrected chi connectivity index (χ1v) is 11.3. The summed E-state index contributed by atoms with van der Waals surface area (Å²) in [7, 11) is 1.53. The van der Waals surface area contributed by atoms with Crippen LogP contribution >= 0.6 is 11.6 Å². The average molecular weight is 491 g/mol. The number of carbonyl (C=O) groups excluding carboxylic acids is 3. The van der Waals surface area contributed by atoms with Gasteiger partial charge < -0.3 is 19.8 Å². The molecule has 0 aliphatic heterocycles. The van der Waals surface area contributed by atoms with Gasteiger partial charge in [0.25, 0.3) is 5.91 Å². The molecule has 0 spiro atoms. The molecule has 0 saturated heterocycles. The first kappa shape index (κ1) is 24.0. The highest BCUT2D eigenvalue weighted by Gasteiger charge is 2.25. The van der Waals surface area contributed by atoms with Gasteiger partial charge in [0, 0.05) is 39.7 Å². The molecule has 0 aliphatic rings. The molecule has 2 N–H and O–H groups in total. The van der Waals surface area contributed by atoms with Gasteiger partial charge in [0.1, 0.15) is 11.8 Å². The van der Waals surface area contributed by atoms with Gasteiger partial charge in [0.05, 0.1) is 7.11 Å². The highest BCUT2D eigenvalue weighted by atomic mass is 35.5.